The largest absolute Gasteiger partial charge is 0.480 e. The number of hydrogen-bond acceptors (Lipinski definition) is 3. The van der Waals surface area contributed by atoms with Crippen molar-refractivity contribution in [3.8, 4) is 0 Å². The number of hydrogen-bond donors (Lipinski definition) is 2. The number of aliphatic carboxylic acids is 1. The van der Waals surface area contributed by atoms with Crippen LogP contribution >= 0.6 is 0 Å². The van der Waals surface area contributed by atoms with E-state index >= 15 is 0 Å². The van der Waals surface area contributed by atoms with Crippen molar-refractivity contribution in [1.82, 2.24) is 5.43 Å². The van der Waals surface area contributed by atoms with Gasteiger partial charge in [0, 0.05) is 6.54 Å². The number of carbonyl (C=O) groups is 1. The van der Waals surface area contributed by atoms with Crippen LogP contribution in [0.3, 0.4) is 0 Å². The predicted molar refractivity (Wildman–Crippen MR) is 53.1 cm³/mol. The Morgan fingerprint density at radius 2 is 2.29 bits per heavy atom. The molecule has 2 rings (SSSR count). The minimum atomic E-state index is -0.825. The summed E-state index contributed by atoms with van der Waals surface area (Å²) in [7, 11) is 0. The molecule has 1 heterocycles. The van der Waals surface area contributed by atoms with E-state index in [1.807, 2.05) is 24.3 Å². The monoisotopic (exact) mass is 192 g/mol. The van der Waals surface area contributed by atoms with E-state index in [0.717, 1.165) is 18.7 Å². The van der Waals surface area contributed by atoms with Gasteiger partial charge in [-0.2, -0.15) is 0 Å². The molecule has 4 nitrogen and oxygen atoms in total. The summed E-state index contributed by atoms with van der Waals surface area (Å²) in [4.78, 5) is 10.6. The first-order chi connectivity index (χ1) is 6.77. The van der Waals surface area contributed by atoms with Crippen LogP contribution in [0.15, 0.2) is 24.3 Å². The van der Waals surface area contributed by atoms with Gasteiger partial charge in [0.25, 0.3) is 0 Å². The first-order valence-electron chi connectivity index (χ1n) is 4.58. The summed E-state index contributed by atoms with van der Waals surface area (Å²) in [5.41, 5.74) is 5.23. The summed E-state index contributed by atoms with van der Waals surface area (Å²) in [6.07, 6.45) is 0.951. The number of benzene rings is 1. The number of para-hydroxylation sites is 1. The van der Waals surface area contributed by atoms with Crippen LogP contribution in [-0.4, -0.2) is 24.2 Å². The minimum Gasteiger partial charge on any atom is -0.480 e. The molecular formula is C10H12N2O2. The van der Waals surface area contributed by atoms with Crippen LogP contribution < -0.4 is 10.4 Å². The van der Waals surface area contributed by atoms with E-state index in [2.05, 4.69) is 5.43 Å². The molecule has 0 saturated carbocycles. The van der Waals surface area contributed by atoms with Crippen molar-refractivity contribution >= 4 is 11.7 Å². The Hall–Kier alpha value is -1.55. The van der Waals surface area contributed by atoms with Gasteiger partial charge in [0.15, 0.2) is 0 Å². The zero-order valence-corrected chi connectivity index (χ0v) is 7.73. The Morgan fingerprint density at radius 3 is 3.07 bits per heavy atom. The first kappa shape index (κ1) is 9.02. The standard InChI is InChI=1S/C10H12N2O2/c13-10(14)7-12-9-4-2-1-3-8(9)5-6-11-12/h1-4,11H,5-7H2,(H,13,14). The van der Waals surface area contributed by atoms with E-state index in [9.17, 15) is 4.79 Å². The average molecular weight is 192 g/mol. The second kappa shape index (κ2) is 3.67. The number of fused-ring (bicyclic) bond motifs is 1. The lowest BCUT2D eigenvalue weighted by molar-refractivity contribution is -0.135. The zero-order valence-electron chi connectivity index (χ0n) is 7.73. The summed E-state index contributed by atoms with van der Waals surface area (Å²) in [6, 6.07) is 7.86. The molecule has 2 N–H and O–H groups in total. The lowest BCUT2D eigenvalue weighted by atomic mass is 10.1. The number of carboxylic acids is 1. The highest BCUT2D eigenvalue weighted by molar-refractivity contribution is 5.74. The van der Waals surface area contributed by atoms with Gasteiger partial charge in [-0.3, -0.25) is 9.80 Å². The number of anilines is 1. The Bertz CT molecular complexity index is 352. The van der Waals surface area contributed by atoms with Crippen molar-refractivity contribution in [1.29, 1.82) is 0 Å². The second-order valence-electron chi connectivity index (χ2n) is 3.27. The topological polar surface area (TPSA) is 52.6 Å². The predicted octanol–water partition coefficient (Wildman–Crippen LogP) is 0.638. The molecule has 0 fully saturated rings. The summed E-state index contributed by atoms with van der Waals surface area (Å²) >= 11 is 0. The quantitative estimate of drug-likeness (QED) is 0.722. The Balaban J connectivity index is 2.26. The van der Waals surface area contributed by atoms with Crippen LogP contribution in [-0.2, 0) is 11.2 Å². The fraction of sp³-hybridized carbons (Fsp3) is 0.300. The third-order valence-corrected chi connectivity index (χ3v) is 2.27. The van der Waals surface area contributed by atoms with Gasteiger partial charge >= 0.3 is 5.97 Å². The molecule has 0 aromatic heterocycles. The van der Waals surface area contributed by atoms with Gasteiger partial charge in [0.1, 0.15) is 6.54 Å². The van der Waals surface area contributed by atoms with E-state index < -0.39 is 5.97 Å². The van der Waals surface area contributed by atoms with Gasteiger partial charge in [0.05, 0.1) is 5.69 Å². The molecule has 0 bridgehead atoms. The van der Waals surface area contributed by atoms with Crippen LogP contribution in [0.5, 0.6) is 0 Å². The van der Waals surface area contributed by atoms with E-state index in [0.29, 0.717) is 0 Å². The molecule has 0 atom stereocenters. The molecule has 0 amide bonds. The SMILES string of the molecule is O=C(O)CN1NCCc2ccccc21. The highest BCUT2D eigenvalue weighted by Gasteiger charge is 2.17. The fourth-order valence-electron chi connectivity index (χ4n) is 1.67. The van der Waals surface area contributed by atoms with Crippen LogP contribution in [0.2, 0.25) is 0 Å². The lowest BCUT2D eigenvalue weighted by Crippen LogP contribution is -2.46. The smallest absolute Gasteiger partial charge is 0.324 e. The summed E-state index contributed by atoms with van der Waals surface area (Å²) in [6.45, 7) is 0.793. The normalized spacial score (nSPS) is 15.0. The van der Waals surface area contributed by atoms with Crippen LogP contribution in [0.1, 0.15) is 5.56 Å². The van der Waals surface area contributed by atoms with Gasteiger partial charge in [-0.05, 0) is 18.1 Å². The van der Waals surface area contributed by atoms with Crippen molar-refractivity contribution in [2.45, 2.75) is 6.42 Å². The van der Waals surface area contributed by atoms with Crippen molar-refractivity contribution in [3.05, 3.63) is 29.8 Å². The minimum absolute atomic E-state index is 0.00296. The molecule has 0 aliphatic carbocycles. The molecule has 1 aliphatic rings. The first-order valence-corrected chi connectivity index (χ1v) is 4.58. The van der Waals surface area contributed by atoms with Crippen molar-refractivity contribution in [2.24, 2.45) is 0 Å². The molecule has 0 radical (unpaired) electrons. The lowest BCUT2D eigenvalue weighted by Gasteiger charge is -2.30. The van der Waals surface area contributed by atoms with Gasteiger partial charge in [0.2, 0.25) is 0 Å². The molecule has 0 spiro atoms. The van der Waals surface area contributed by atoms with E-state index in [1.165, 1.54) is 5.56 Å². The van der Waals surface area contributed by atoms with E-state index in [-0.39, 0.29) is 6.54 Å². The van der Waals surface area contributed by atoms with E-state index in [1.54, 1.807) is 5.01 Å². The Morgan fingerprint density at radius 1 is 1.50 bits per heavy atom. The molecule has 1 aromatic rings. The van der Waals surface area contributed by atoms with Gasteiger partial charge in [-0.15, -0.1) is 0 Å². The average Bonchev–Trinajstić information content (AvgIpc) is 2.18. The highest BCUT2D eigenvalue weighted by Crippen LogP contribution is 2.21. The molecule has 0 unspecified atom stereocenters. The third kappa shape index (κ3) is 1.70. The molecule has 74 valence electrons. The maximum absolute atomic E-state index is 10.6. The van der Waals surface area contributed by atoms with Gasteiger partial charge < -0.3 is 5.11 Å². The van der Waals surface area contributed by atoms with E-state index in [4.69, 9.17) is 5.11 Å². The Labute approximate surface area is 82.1 Å². The van der Waals surface area contributed by atoms with Crippen molar-refractivity contribution in [3.63, 3.8) is 0 Å². The number of carboxylic acid groups (broad SMARTS) is 1. The number of nitrogens with one attached hydrogen (secondary N) is 1. The summed E-state index contributed by atoms with van der Waals surface area (Å²) < 4.78 is 0. The van der Waals surface area contributed by atoms with Crippen LogP contribution in [0.4, 0.5) is 5.69 Å². The summed E-state index contributed by atoms with van der Waals surface area (Å²) in [5.74, 6) is -0.825. The van der Waals surface area contributed by atoms with Crippen LogP contribution in [0, 0.1) is 0 Å². The fourth-order valence-corrected chi connectivity index (χ4v) is 1.67. The highest BCUT2D eigenvalue weighted by atomic mass is 16.4. The number of nitrogens with zero attached hydrogens (tertiary/aromatic N) is 1. The van der Waals surface area contributed by atoms with Crippen molar-refractivity contribution < 1.29 is 9.90 Å². The second-order valence-corrected chi connectivity index (χ2v) is 3.27. The third-order valence-electron chi connectivity index (χ3n) is 2.27. The number of rotatable bonds is 2. The van der Waals surface area contributed by atoms with Crippen molar-refractivity contribution in [2.75, 3.05) is 18.1 Å². The molecule has 0 saturated heterocycles. The molecular weight excluding hydrogens is 180 g/mol. The van der Waals surface area contributed by atoms with Gasteiger partial charge in [-0.25, -0.2) is 5.43 Å². The van der Waals surface area contributed by atoms with Crippen LogP contribution in [0.25, 0.3) is 0 Å². The summed E-state index contributed by atoms with van der Waals surface area (Å²) in [5, 5.41) is 10.4. The maximum Gasteiger partial charge on any atom is 0.324 e. The molecule has 1 aromatic carbocycles. The molecule has 4 heteroatoms. The number of hydrazine groups is 1. The molecule has 1 aliphatic heterocycles. The maximum atomic E-state index is 10.6. The Kier molecular flexibility index (Phi) is 2.37. The molecule has 14 heavy (non-hydrogen) atoms. The van der Waals surface area contributed by atoms with Gasteiger partial charge in [-0.1, -0.05) is 18.2 Å². The zero-order chi connectivity index (χ0) is 9.97.